The molecule has 0 radical (unpaired) electrons. The maximum absolute atomic E-state index is 11.9. The van der Waals surface area contributed by atoms with Crippen molar-refractivity contribution in [3.8, 4) is 0 Å². The van der Waals surface area contributed by atoms with Crippen molar-refractivity contribution in [3.63, 3.8) is 0 Å². The highest BCUT2D eigenvalue weighted by Gasteiger charge is 2.14. The number of amides is 1. The SMILES string of the molecule is Cn1cc(CNC(=O)c2c(I)cnn2C)cn1. The van der Waals surface area contributed by atoms with E-state index in [0.29, 0.717) is 12.2 Å². The number of halogens is 1. The fraction of sp³-hybridized carbons (Fsp3) is 0.300. The highest BCUT2D eigenvalue weighted by atomic mass is 127. The molecule has 6 nitrogen and oxygen atoms in total. The van der Waals surface area contributed by atoms with Gasteiger partial charge >= 0.3 is 0 Å². The van der Waals surface area contributed by atoms with E-state index in [1.54, 1.807) is 28.8 Å². The quantitative estimate of drug-likeness (QED) is 0.833. The molecule has 1 amide bonds. The molecular weight excluding hydrogens is 333 g/mol. The summed E-state index contributed by atoms with van der Waals surface area (Å²) in [5.74, 6) is -0.127. The van der Waals surface area contributed by atoms with Gasteiger partial charge in [-0.25, -0.2) is 0 Å². The van der Waals surface area contributed by atoms with Gasteiger partial charge in [-0.05, 0) is 22.6 Å². The third-order valence-electron chi connectivity index (χ3n) is 2.32. The molecule has 0 atom stereocenters. The zero-order chi connectivity index (χ0) is 12.4. The smallest absolute Gasteiger partial charge is 0.270 e. The zero-order valence-corrected chi connectivity index (χ0v) is 11.7. The lowest BCUT2D eigenvalue weighted by Crippen LogP contribution is -2.25. The fourth-order valence-electron chi connectivity index (χ4n) is 1.50. The predicted molar refractivity (Wildman–Crippen MR) is 70.3 cm³/mol. The zero-order valence-electron chi connectivity index (χ0n) is 9.51. The Labute approximate surface area is 112 Å². The summed E-state index contributed by atoms with van der Waals surface area (Å²) in [6, 6.07) is 0. The molecule has 2 aromatic rings. The molecule has 2 aromatic heterocycles. The van der Waals surface area contributed by atoms with Crippen LogP contribution in [0.3, 0.4) is 0 Å². The van der Waals surface area contributed by atoms with Crippen LogP contribution in [-0.4, -0.2) is 25.5 Å². The number of nitrogens with one attached hydrogen (secondary N) is 1. The molecule has 7 heteroatoms. The Morgan fingerprint density at radius 3 is 2.71 bits per heavy atom. The van der Waals surface area contributed by atoms with Gasteiger partial charge in [-0.2, -0.15) is 10.2 Å². The van der Waals surface area contributed by atoms with Crippen LogP contribution < -0.4 is 5.32 Å². The van der Waals surface area contributed by atoms with Crippen molar-refractivity contribution in [1.29, 1.82) is 0 Å². The highest BCUT2D eigenvalue weighted by Crippen LogP contribution is 2.10. The van der Waals surface area contributed by atoms with Crippen LogP contribution in [0.5, 0.6) is 0 Å². The summed E-state index contributed by atoms with van der Waals surface area (Å²) in [6.45, 7) is 0.466. The van der Waals surface area contributed by atoms with Crippen molar-refractivity contribution < 1.29 is 4.79 Å². The second kappa shape index (κ2) is 4.86. The lowest BCUT2D eigenvalue weighted by Gasteiger charge is -2.04. The van der Waals surface area contributed by atoms with Crippen LogP contribution in [0.25, 0.3) is 0 Å². The molecule has 0 aliphatic carbocycles. The van der Waals surface area contributed by atoms with E-state index < -0.39 is 0 Å². The van der Waals surface area contributed by atoms with Crippen molar-refractivity contribution in [2.45, 2.75) is 6.54 Å². The molecule has 1 N–H and O–H groups in total. The first kappa shape index (κ1) is 12.1. The molecule has 0 saturated heterocycles. The number of hydrogen-bond donors (Lipinski definition) is 1. The lowest BCUT2D eigenvalue weighted by atomic mass is 10.3. The number of carbonyl (C=O) groups is 1. The van der Waals surface area contributed by atoms with E-state index in [0.717, 1.165) is 9.13 Å². The van der Waals surface area contributed by atoms with Gasteiger partial charge in [0.15, 0.2) is 0 Å². The van der Waals surface area contributed by atoms with Gasteiger partial charge < -0.3 is 5.32 Å². The molecular formula is C10H12IN5O. The minimum atomic E-state index is -0.127. The summed E-state index contributed by atoms with van der Waals surface area (Å²) < 4.78 is 4.11. The maximum atomic E-state index is 11.9. The van der Waals surface area contributed by atoms with E-state index in [-0.39, 0.29) is 5.91 Å². The van der Waals surface area contributed by atoms with E-state index in [1.165, 1.54) is 0 Å². The van der Waals surface area contributed by atoms with E-state index in [2.05, 4.69) is 38.1 Å². The van der Waals surface area contributed by atoms with Gasteiger partial charge in [0.2, 0.25) is 0 Å². The second-order valence-electron chi connectivity index (χ2n) is 3.67. The minimum Gasteiger partial charge on any atom is -0.346 e. The van der Waals surface area contributed by atoms with E-state index in [9.17, 15) is 4.79 Å². The van der Waals surface area contributed by atoms with Crippen molar-refractivity contribution in [3.05, 3.63) is 33.4 Å². The summed E-state index contributed by atoms with van der Waals surface area (Å²) in [6.07, 6.45) is 5.27. The van der Waals surface area contributed by atoms with Crippen LogP contribution in [-0.2, 0) is 20.6 Å². The van der Waals surface area contributed by atoms with Crippen LogP contribution in [0.4, 0.5) is 0 Å². The Bertz CT molecular complexity index is 525. The average Bonchev–Trinajstić information content (AvgIpc) is 2.83. The standard InChI is InChI=1S/C10H12IN5O/c1-15-6-7(4-13-15)3-12-10(17)9-8(11)5-14-16(9)2/h4-6H,3H2,1-2H3,(H,12,17). The third-order valence-corrected chi connectivity index (χ3v) is 3.11. The van der Waals surface area contributed by atoms with E-state index in [4.69, 9.17) is 0 Å². The Balaban J connectivity index is 2.03. The van der Waals surface area contributed by atoms with Gasteiger partial charge in [-0.1, -0.05) is 0 Å². The second-order valence-corrected chi connectivity index (χ2v) is 4.83. The topological polar surface area (TPSA) is 64.7 Å². The monoisotopic (exact) mass is 345 g/mol. The normalized spacial score (nSPS) is 10.5. The van der Waals surface area contributed by atoms with Gasteiger partial charge in [0.05, 0.1) is 16.0 Å². The van der Waals surface area contributed by atoms with Gasteiger partial charge in [0.25, 0.3) is 5.91 Å². The van der Waals surface area contributed by atoms with Crippen LogP contribution in [0.15, 0.2) is 18.6 Å². The molecule has 0 spiro atoms. The Hall–Kier alpha value is -1.38. The highest BCUT2D eigenvalue weighted by molar-refractivity contribution is 14.1. The molecule has 2 rings (SSSR count). The van der Waals surface area contributed by atoms with Crippen LogP contribution in [0.2, 0.25) is 0 Å². The van der Waals surface area contributed by atoms with Gasteiger partial charge in [0, 0.05) is 32.4 Å². The van der Waals surface area contributed by atoms with Crippen LogP contribution in [0.1, 0.15) is 16.1 Å². The van der Waals surface area contributed by atoms with Crippen molar-refractivity contribution >= 4 is 28.5 Å². The van der Waals surface area contributed by atoms with E-state index in [1.807, 2.05) is 13.2 Å². The molecule has 2 heterocycles. The van der Waals surface area contributed by atoms with Crippen LogP contribution in [0, 0.1) is 3.57 Å². The summed E-state index contributed by atoms with van der Waals surface area (Å²) in [5, 5.41) is 10.9. The first-order valence-electron chi connectivity index (χ1n) is 5.01. The third kappa shape index (κ3) is 2.65. The van der Waals surface area contributed by atoms with Gasteiger partial charge in [0.1, 0.15) is 5.69 Å². The molecule has 0 fully saturated rings. The maximum Gasteiger partial charge on any atom is 0.270 e. The van der Waals surface area contributed by atoms with Crippen molar-refractivity contribution in [2.75, 3.05) is 0 Å². The Kier molecular flexibility index (Phi) is 3.46. The summed E-state index contributed by atoms with van der Waals surface area (Å²) in [4.78, 5) is 11.9. The number of hydrogen-bond acceptors (Lipinski definition) is 3. The number of nitrogens with zero attached hydrogens (tertiary/aromatic N) is 4. The van der Waals surface area contributed by atoms with Crippen molar-refractivity contribution in [1.82, 2.24) is 24.9 Å². The number of rotatable bonds is 3. The largest absolute Gasteiger partial charge is 0.346 e. The first-order valence-corrected chi connectivity index (χ1v) is 6.09. The first-order chi connectivity index (χ1) is 8.08. The predicted octanol–water partition coefficient (Wildman–Crippen LogP) is 0.688. The summed E-state index contributed by atoms with van der Waals surface area (Å²) in [7, 11) is 3.59. The average molecular weight is 345 g/mol. The lowest BCUT2D eigenvalue weighted by molar-refractivity contribution is 0.0940. The van der Waals surface area contributed by atoms with Gasteiger partial charge in [-0.3, -0.25) is 14.2 Å². The molecule has 17 heavy (non-hydrogen) atoms. The van der Waals surface area contributed by atoms with Crippen LogP contribution >= 0.6 is 22.6 Å². The summed E-state index contributed by atoms with van der Waals surface area (Å²) >= 11 is 2.09. The molecule has 0 aliphatic heterocycles. The molecule has 0 aliphatic rings. The summed E-state index contributed by atoms with van der Waals surface area (Å²) in [5.41, 5.74) is 1.55. The van der Waals surface area contributed by atoms with E-state index >= 15 is 0 Å². The number of aryl methyl sites for hydroxylation is 2. The minimum absolute atomic E-state index is 0.127. The Morgan fingerprint density at radius 2 is 2.18 bits per heavy atom. The molecule has 0 saturated carbocycles. The number of carbonyl (C=O) groups excluding carboxylic acids is 1. The number of aromatic nitrogens is 4. The van der Waals surface area contributed by atoms with Gasteiger partial charge in [-0.15, -0.1) is 0 Å². The molecule has 0 unspecified atom stereocenters. The Morgan fingerprint density at radius 1 is 1.41 bits per heavy atom. The molecule has 0 aromatic carbocycles. The fourth-order valence-corrected chi connectivity index (χ4v) is 2.21. The molecule has 90 valence electrons. The molecule has 0 bridgehead atoms. The van der Waals surface area contributed by atoms with Crippen molar-refractivity contribution in [2.24, 2.45) is 14.1 Å².